The molecule has 0 amide bonds. The van der Waals surface area contributed by atoms with Crippen LogP contribution in [-0.2, 0) is 19.6 Å². The number of ether oxygens (including phenoxy) is 1. The van der Waals surface area contributed by atoms with Crippen LogP contribution in [0.15, 0.2) is 47.4 Å². The molecule has 0 heterocycles. The Kier molecular flexibility index (Phi) is 7.19. The Morgan fingerprint density at radius 3 is 2.21 bits per heavy atom. The van der Waals surface area contributed by atoms with Gasteiger partial charge in [0.1, 0.15) is 11.9 Å². The molecule has 1 atom stereocenters. The maximum Gasteiger partial charge on any atom is 0.324 e. The second-order valence-electron chi connectivity index (χ2n) is 6.27. The highest BCUT2D eigenvalue weighted by molar-refractivity contribution is 7.89. The maximum atomic E-state index is 13.4. The third-order valence-electron chi connectivity index (χ3n) is 3.84. The average molecular weight is 424 g/mol. The molecule has 2 rings (SSSR count). The molecular formula is C20H19ClFNO4S. The maximum absolute atomic E-state index is 13.4. The topological polar surface area (TPSA) is 72.5 Å². The van der Waals surface area contributed by atoms with Crippen LogP contribution in [0.5, 0.6) is 0 Å². The second-order valence-corrected chi connectivity index (χ2v) is 8.39. The first kappa shape index (κ1) is 21.9. The molecule has 0 spiro atoms. The number of sulfonamides is 1. The van der Waals surface area contributed by atoms with Gasteiger partial charge in [-0.3, -0.25) is 4.79 Å². The number of hydrogen-bond acceptors (Lipinski definition) is 4. The molecule has 0 aromatic heterocycles. The first-order valence-electron chi connectivity index (χ1n) is 8.31. The number of nitrogens with one attached hydrogen (secondary N) is 1. The molecule has 2 aromatic carbocycles. The molecule has 0 unspecified atom stereocenters. The van der Waals surface area contributed by atoms with Crippen molar-refractivity contribution < 1.29 is 22.3 Å². The van der Waals surface area contributed by atoms with E-state index >= 15 is 0 Å². The minimum absolute atomic E-state index is 0.00913. The van der Waals surface area contributed by atoms with E-state index in [1.807, 2.05) is 0 Å². The monoisotopic (exact) mass is 423 g/mol. The Bertz CT molecular complexity index is 1020. The summed E-state index contributed by atoms with van der Waals surface area (Å²) >= 11 is 5.63. The predicted molar refractivity (Wildman–Crippen MR) is 105 cm³/mol. The van der Waals surface area contributed by atoms with Crippen LogP contribution < -0.4 is 4.72 Å². The summed E-state index contributed by atoms with van der Waals surface area (Å²) in [4.78, 5) is 11.8. The third-order valence-corrected chi connectivity index (χ3v) is 5.60. The van der Waals surface area contributed by atoms with Crippen LogP contribution in [0.2, 0.25) is 5.02 Å². The molecule has 2 aromatic rings. The molecule has 0 radical (unpaired) electrons. The van der Waals surface area contributed by atoms with Crippen molar-refractivity contribution in [3.63, 3.8) is 0 Å². The molecule has 8 heteroatoms. The van der Waals surface area contributed by atoms with Gasteiger partial charge in [-0.15, -0.1) is 0 Å². The highest BCUT2D eigenvalue weighted by atomic mass is 35.5. The fraction of sp³-hybridized carbons (Fsp3) is 0.250. The summed E-state index contributed by atoms with van der Waals surface area (Å²) in [5.41, 5.74) is 0.987. The van der Waals surface area contributed by atoms with Gasteiger partial charge in [0.05, 0.1) is 17.0 Å². The average Bonchev–Trinajstić information content (AvgIpc) is 2.66. The Hall–Kier alpha value is -2.40. The number of carbonyl (C=O) groups excluding carboxylic acids is 1. The van der Waals surface area contributed by atoms with Crippen LogP contribution in [0.25, 0.3) is 0 Å². The number of benzene rings is 2. The Morgan fingerprint density at radius 2 is 1.68 bits per heavy atom. The van der Waals surface area contributed by atoms with Crippen LogP contribution in [0.4, 0.5) is 4.39 Å². The van der Waals surface area contributed by atoms with Crippen molar-refractivity contribution in [3.05, 3.63) is 64.4 Å². The third kappa shape index (κ3) is 5.55. The molecule has 0 aliphatic carbocycles. The molecule has 1 N–H and O–H groups in total. The molecular weight excluding hydrogens is 405 g/mol. The first-order chi connectivity index (χ1) is 13.1. The SMILES string of the molecule is COC(=O)[C@@H](NS(=O)(=O)c1ccc(C#Cc2ccc(Cl)c(F)c2)cc1)C(C)C. The van der Waals surface area contributed by atoms with Gasteiger partial charge in [0.15, 0.2) is 0 Å². The van der Waals surface area contributed by atoms with E-state index in [0.29, 0.717) is 11.1 Å². The lowest BCUT2D eigenvalue weighted by Gasteiger charge is -2.19. The molecule has 28 heavy (non-hydrogen) atoms. The summed E-state index contributed by atoms with van der Waals surface area (Å²) in [5.74, 6) is 4.10. The Balaban J connectivity index is 2.20. The number of esters is 1. The zero-order valence-electron chi connectivity index (χ0n) is 15.5. The van der Waals surface area contributed by atoms with E-state index < -0.39 is 27.9 Å². The van der Waals surface area contributed by atoms with E-state index in [-0.39, 0.29) is 15.8 Å². The summed E-state index contributed by atoms with van der Waals surface area (Å²) in [5, 5.41) is 0.0132. The Morgan fingerprint density at radius 1 is 1.11 bits per heavy atom. The van der Waals surface area contributed by atoms with Gasteiger partial charge < -0.3 is 4.74 Å². The standard InChI is InChI=1S/C20H19ClFNO4S/c1-13(2)19(20(24)27-3)23-28(25,26)16-9-6-14(7-10-16)4-5-15-8-11-17(21)18(22)12-15/h6-13,19,23H,1-3H3/t19-/m0/s1. The first-order valence-corrected chi connectivity index (χ1v) is 10.2. The summed E-state index contributed by atoms with van der Waals surface area (Å²) in [6.45, 7) is 3.42. The lowest BCUT2D eigenvalue weighted by atomic mass is 10.1. The normalized spacial score (nSPS) is 12.2. The summed E-state index contributed by atoms with van der Waals surface area (Å²) in [6, 6.07) is 9.03. The van der Waals surface area contributed by atoms with Crippen LogP contribution >= 0.6 is 11.6 Å². The van der Waals surface area contributed by atoms with Gasteiger partial charge in [-0.25, -0.2) is 12.8 Å². The van der Waals surface area contributed by atoms with Gasteiger partial charge in [0.2, 0.25) is 10.0 Å². The smallest absolute Gasteiger partial charge is 0.324 e. The largest absolute Gasteiger partial charge is 0.468 e. The summed E-state index contributed by atoms with van der Waals surface area (Å²) < 4.78 is 45.5. The molecule has 0 aliphatic rings. The van der Waals surface area contributed by atoms with E-state index in [1.54, 1.807) is 19.9 Å². The van der Waals surface area contributed by atoms with E-state index in [1.165, 1.54) is 43.5 Å². The predicted octanol–water partition coefficient (Wildman–Crippen LogP) is 3.35. The van der Waals surface area contributed by atoms with Crippen molar-refractivity contribution >= 4 is 27.6 Å². The van der Waals surface area contributed by atoms with Crippen molar-refractivity contribution in [3.8, 4) is 11.8 Å². The van der Waals surface area contributed by atoms with Gasteiger partial charge >= 0.3 is 5.97 Å². The molecule has 0 saturated heterocycles. The van der Waals surface area contributed by atoms with Crippen molar-refractivity contribution in [1.82, 2.24) is 4.72 Å². The number of methoxy groups -OCH3 is 1. The van der Waals surface area contributed by atoms with E-state index in [0.717, 1.165) is 0 Å². The van der Waals surface area contributed by atoms with Gasteiger partial charge in [-0.1, -0.05) is 37.3 Å². The van der Waals surface area contributed by atoms with Gasteiger partial charge in [-0.05, 0) is 48.4 Å². The Labute approximate surface area is 168 Å². The zero-order chi connectivity index (χ0) is 20.9. The molecule has 0 bridgehead atoms. The van der Waals surface area contributed by atoms with Gasteiger partial charge in [0.25, 0.3) is 0 Å². The van der Waals surface area contributed by atoms with Crippen molar-refractivity contribution in [2.24, 2.45) is 5.92 Å². The van der Waals surface area contributed by atoms with E-state index in [2.05, 4.69) is 21.3 Å². The van der Waals surface area contributed by atoms with Gasteiger partial charge in [0, 0.05) is 11.1 Å². The van der Waals surface area contributed by atoms with Crippen LogP contribution in [-0.4, -0.2) is 27.5 Å². The summed E-state index contributed by atoms with van der Waals surface area (Å²) in [7, 11) is -2.72. The molecule has 0 fully saturated rings. The minimum atomic E-state index is -3.92. The quantitative estimate of drug-likeness (QED) is 0.591. The lowest BCUT2D eigenvalue weighted by molar-refractivity contribution is -0.143. The van der Waals surface area contributed by atoms with E-state index in [4.69, 9.17) is 11.6 Å². The number of halogens is 2. The van der Waals surface area contributed by atoms with Crippen molar-refractivity contribution in [2.45, 2.75) is 24.8 Å². The fourth-order valence-corrected chi connectivity index (χ4v) is 3.70. The molecule has 0 aliphatic heterocycles. The lowest BCUT2D eigenvalue weighted by Crippen LogP contribution is -2.44. The number of hydrogen-bond donors (Lipinski definition) is 1. The van der Waals surface area contributed by atoms with Crippen LogP contribution in [0, 0.1) is 23.6 Å². The fourth-order valence-electron chi connectivity index (χ4n) is 2.25. The molecule has 148 valence electrons. The highest BCUT2D eigenvalue weighted by Gasteiger charge is 2.28. The van der Waals surface area contributed by atoms with E-state index in [9.17, 15) is 17.6 Å². The highest BCUT2D eigenvalue weighted by Crippen LogP contribution is 2.16. The van der Waals surface area contributed by atoms with Crippen molar-refractivity contribution in [1.29, 1.82) is 0 Å². The van der Waals surface area contributed by atoms with Gasteiger partial charge in [-0.2, -0.15) is 4.72 Å². The molecule has 0 saturated carbocycles. The number of carbonyl (C=O) groups is 1. The summed E-state index contributed by atoms with van der Waals surface area (Å²) in [6.07, 6.45) is 0. The minimum Gasteiger partial charge on any atom is -0.468 e. The number of rotatable bonds is 5. The van der Waals surface area contributed by atoms with Crippen LogP contribution in [0.3, 0.4) is 0 Å². The zero-order valence-corrected chi connectivity index (χ0v) is 17.1. The molecule has 5 nitrogen and oxygen atoms in total. The second kappa shape index (κ2) is 9.20. The van der Waals surface area contributed by atoms with Crippen LogP contribution in [0.1, 0.15) is 25.0 Å². The van der Waals surface area contributed by atoms with Crippen molar-refractivity contribution in [2.75, 3.05) is 7.11 Å².